The van der Waals surface area contributed by atoms with Gasteiger partial charge in [0.05, 0.1) is 7.11 Å². The van der Waals surface area contributed by atoms with Crippen LogP contribution in [0, 0.1) is 0 Å². The Kier molecular flexibility index (Phi) is 4.78. The van der Waals surface area contributed by atoms with Gasteiger partial charge in [0, 0.05) is 12.5 Å². The Morgan fingerprint density at radius 3 is 2.82 bits per heavy atom. The molecule has 4 N–H and O–H groups in total. The molecule has 1 unspecified atom stereocenters. The Bertz CT molecular complexity index is 392. The predicted octanol–water partition coefficient (Wildman–Crippen LogP) is 1.14. The van der Waals surface area contributed by atoms with Gasteiger partial charge in [-0.05, 0) is 36.6 Å². The van der Waals surface area contributed by atoms with E-state index in [0.29, 0.717) is 24.2 Å². The van der Waals surface area contributed by atoms with Crippen molar-refractivity contribution in [3.8, 4) is 11.5 Å². The number of carboxylic acid groups (broad SMARTS) is 1. The molecular weight excluding hydrogens is 222 g/mol. The number of carboxylic acids is 1. The van der Waals surface area contributed by atoms with Crippen LogP contribution in [-0.2, 0) is 11.2 Å². The summed E-state index contributed by atoms with van der Waals surface area (Å²) in [5, 5.41) is 18.2. The van der Waals surface area contributed by atoms with Gasteiger partial charge < -0.3 is 20.7 Å². The van der Waals surface area contributed by atoms with Crippen molar-refractivity contribution in [2.75, 3.05) is 7.11 Å². The highest BCUT2D eigenvalue weighted by Gasteiger charge is 2.10. The fourth-order valence-corrected chi connectivity index (χ4v) is 1.55. The summed E-state index contributed by atoms with van der Waals surface area (Å²) in [7, 11) is 1.54. The lowest BCUT2D eigenvalue weighted by atomic mass is 10.0. The second-order valence-electron chi connectivity index (χ2n) is 3.89. The third-order valence-electron chi connectivity index (χ3n) is 2.50. The highest BCUT2D eigenvalue weighted by Crippen LogP contribution is 2.24. The third-order valence-corrected chi connectivity index (χ3v) is 2.50. The summed E-state index contributed by atoms with van der Waals surface area (Å²) in [5.41, 5.74) is 6.47. The number of phenols is 1. The molecule has 1 aromatic rings. The molecule has 0 aliphatic rings. The third kappa shape index (κ3) is 4.32. The maximum Gasteiger partial charge on any atom is 0.303 e. The van der Waals surface area contributed by atoms with Crippen molar-refractivity contribution in [2.24, 2.45) is 5.73 Å². The number of hydrogen-bond acceptors (Lipinski definition) is 4. The van der Waals surface area contributed by atoms with Gasteiger partial charge in [-0.1, -0.05) is 0 Å². The topological polar surface area (TPSA) is 92.8 Å². The van der Waals surface area contributed by atoms with Crippen molar-refractivity contribution in [1.29, 1.82) is 0 Å². The van der Waals surface area contributed by atoms with Gasteiger partial charge >= 0.3 is 5.97 Å². The Labute approximate surface area is 99.8 Å². The highest BCUT2D eigenvalue weighted by molar-refractivity contribution is 5.66. The lowest BCUT2D eigenvalue weighted by molar-refractivity contribution is -0.137. The van der Waals surface area contributed by atoms with E-state index in [9.17, 15) is 9.90 Å². The van der Waals surface area contributed by atoms with Crippen molar-refractivity contribution in [1.82, 2.24) is 0 Å². The van der Waals surface area contributed by atoms with Crippen LogP contribution in [0.1, 0.15) is 18.4 Å². The number of aromatic hydroxyl groups is 1. The van der Waals surface area contributed by atoms with E-state index in [-0.39, 0.29) is 18.2 Å². The van der Waals surface area contributed by atoms with Gasteiger partial charge in [0.1, 0.15) is 11.5 Å². The maximum atomic E-state index is 10.4. The average molecular weight is 239 g/mol. The van der Waals surface area contributed by atoms with Gasteiger partial charge in [-0.3, -0.25) is 4.79 Å². The maximum absolute atomic E-state index is 10.4. The van der Waals surface area contributed by atoms with Gasteiger partial charge in [-0.25, -0.2) is 0 Å². The molecule has 94 valence electrons. The van der Waals surface area contributed by atoms with E-state index in [2.05, 4.69) is 0 Å². The van der Waals surface area contributed by atoms with E-state index in [4.69, 9.17) is 15.6 Å². The van der Waals surface area contributed by atoms with Crippen LogP contribution in [-0.4, -0.2) is 29.3 Å². The molecule has 0 amide bonds. The molecule has 0 aliphatic heterocycles. The van der Waals surface area contributed by atoms with Gasteiger partial charge in [-0.2, -0.15) is 0 Å². The summed E-state index contributed by atoms with van der Waals surface area (Å²) in [6, 6.07) is 4.61. The molecule has 17 heavy (non-hydrogen) atoms. The van der Waals surface area contributed by atoms with E-state index < -0.39 is 5.97 Å². The second kappa shape index (κ2) is 6.10. The fraction of sp³-hybridized carbons (Fsp3) is 0.417. The summed E-state index contributed by atoms with van der Waals surface area (Å²) < 4.78 is 5.04. The SMILES string of the molecule is COc1ccc(O)c(CC(N)CCC(=O)O)c1. The zero-order valence-electron chi connectivity index (χ0n) is 9.72. The largest absolute Gasteiger partial charge is 0.508 e. The number of hydrogen-bond donors (Lipinski definition) is 3. The first-order valence-electron chi connectivity index (χ1n) is 5.36. The van der Waals surface area contributed by atoms with Crippen molar-refractivity contribution in [2.45, 2.75) is 25.3 Å². The number of nitrogens with two attached hydrogens (primary N) is 1. The van der Waals surface area contributed by atoms with Crippen LogP contribution in [0.5, 0.6) is 11.5 Å². The van der Waals surface area contributed by atoms with E-state index >= 15 is 0 Å². The number of aliphatic carboxylic acids is 1. The Morgan fingerprint density at radius 2 is 2.24 bits per heavy atom. The summed E-state index contributed by atoms with van der Waals surface area (Å²) in [5.74, 6) is -0.0740. The molecule has 0 saturated carbocycles. The van der Waals surface area contributed by atoms with Gasteiger partial charge in [-0.15, -0.1) is 0 Å². The van der Waals surface area contributed by atoms with E-state index in [1.807, 2.05) is 0 Å². The number of benzene rings is 1. The molecule has 0 heterocycles. The number of methoxy groups -OCH3 is 1. The molecule has 5 heteroatoms. The zero-order valence-corrected chi connectivity index (χ0v) is 9.72. The fourth-order valence-electron chi connectivity index (χ4n) is 1.55. The Balaban J connectivity index is 2.63. The standard InChI is InChI=1S/C12H17NO4/c1-17-10-3-4-11(14)8(7-10)6-9(13)2-5-12(15)16/h3-4,7,9,14H,2,5-6,13H2,1H3,(H,15,16). The quantitative estimate of drug-likeness (QED) is 0.692. The van der Waals surface area contributed by atoms with Crippen LogP contribution >= 0.6 is 0 Å². The van der Waals surface area contributed by atoms with Crippen LogP contribution in [0.4, 0.5) is 0 Å². The molecule has 1 rings (SSSR count). The van der Waals surface area contributed by atoms with Crippen LogP contribution in [0.25, 0.3) is 0 Å². The minimum absolute atomic E-state index is 0.0336. The van der Waals surface area contributed by atoms with Gasteiger partial charge in [0.2, 0.25) is 0 Å². The normalized spacial score (nSPS) is 12.1. The molecule has 0 aliphatic carbocycles. The number of rotatable bonds is 6. The molecule has 0 saturated heterocycles. The van der Waals surface area contributed by atoms with Crippen molar-refractivity contribution in [3.05, 3.63) is 23.8 Å². The molecule has 0 fully saturated rings. The van der Waals surface area contributed by atoms with E-state index in [1.165, 1.54) is 6.07 Å². The molecule has 0 bridgehead atoms. The summed E-state index contributed by atoms with van der Waals surface area (Å²) >= 11 is 0. The summed E-state index contributed by atoms with van der Waals surface area (Å²) in [6.07, 6.45) is 0.841. The minimum Gasteiger partial charge on any atom is -0.508 e. The first kappa shape index (κ1) is 13.3. The first-order chi connectivity index (χ1) is 8.02. The summed E-state index contributed by atoms with van der Waals surface area (Å²) in [6.45, 7) is 0. The average Bonchev–Trinajstić information content (AvgIpc) is 2.29. The number of carbonyl (C=O) groups is 1. The van der Waals surface area contributed by atoms with Gasteiger partial charge in [0.25, 0.3) is 0 Å². The Hall–Kier alpha value is -1.75. The molecule has 0 radical (unpaired) electrons. The van der Waals surface area contributed by atoms with Crippen LogP contribution in [0.15, 0.2) is 18.2 Å². The lowest BCUT2D eigenvalue weighted by Gasteiger charge is -2.12. The van der Waals surface area contributed by atoms with Crippen LogP contribution < -0.4 is 10.5 Å². The van der Waals surface area contributed by atoms with Crippen molar-refractivity contribution in [3.63, 3.8) is 0 Å². The minimum atomic E-state index is -0.865. The first-order valence-corrected chi connectivity index (χ1v) is 5.36. The molecule has 0 spiro atoms. The smallest absolute Gasteiger partial charge is 0.303 e. The van der Waals surface area contributed by atoms with Crippen molar-refractivity contribution < 1.29 is 19.7 Å². The van der Waals surface area contributed by atoms with Crippen LogP contribution in [0.2, 0.25) is 0 Å². The van der Waals surface area contributed by atoms with E-state index in [1.54, 1.807) is 19.2 Å². The van der Waals surface area contributed by atoms with Crippen molar-refractivity contribution >= 4 is 5.97 Å². The summed E-state index contributed by atoms with van der Waals surface area (Å²) in [4.78, 5) is 10.4. The number of phenolic OH excluding ortho intramolecular Hbond substituents is 1. The number of ether oxygens (including phenoxy) is 1. The highest BCUT2D eigenvalue weighted by atomic mass is 16.5. The molecular formula is C12H17NO4. The monoisotopic (exact) mass is 239 g/mol. The van der Waals surface area contributed by atoms with E-state index in [0.717, 1.165) is 0 Å². The predicted molar refractivity (Wildman–Crippen MR) is 63.2 cm³/mol. The molecule has 1 aromatic carbocycles. The molecule has 0 aromatic heterocycles. The Morgan fingerprint density at radius 1 is 1.53 bits per heavy atom. The molecule has 1 atom stereocenters. The van der Waals surface area contributed by atoms with Gasteiger partial charge in [0.15, 0.2) is 0 Å². The second-order valence-corrected chi connectivity index (χ2v) is 3.89. The zero-order chi connectivity index (χ0) is 12.8. The lowest BCUT2D eigenvalue weighted by Crippen LogP contribution is -2.23. The van der Waals surface area contributed by atoms with Crippen LogP contribution in [0.3, 0.4) is 0 Å². The molecule has 5 nitrogen and oxygen atoms in total.